The number of anilines is 1. The van der Waals surface area contributed by atoms with Crippen LogP contribution in [0.15, 0.2) is 48.5 Å². The third-order valence-electron chi connectivity index (χ3n) is 6.92. The number of likely N-dealkylation sites (tertiary alicyclic amines) is 1. The molecule has 0 bridgehead atoms. The van der Waals surface area contributed by atoms with E-state index in [0.29, 0.717) is 12.0 Å². The van der Waals surface area contributed by atoms with E-state index in [9.17, 15) is 5.11 Å². The zero-order chi connectivity index (χ0) is 23.9. The highest BCUT2D eigenvalue weighted by atomic mass is 16.3. The third-order valence-corrected chi connectivity index (χ3v) is 6.92. The van der Waals surface area contributed by atoms with Gasteiger partial charge < -0.3 is 20.2 Å². The van der Waals surface area contributed by atoms with Crippen molar-refractivity contribution in [3.63, 3.8) is 0 Å². The molecule has 2 aromatic carbocycles. The van der Waals surface area contributed by atoms with Gasteiger partial charge in [0.25, 0.3) is 0 Å². The number of aliphatic hydroxyl groups is 1. The molecule has 1 saturated heterocycles. The number of piperidine rings is 1. The summed E-state index contributed by atoms with van der Waals surface area (Å²) in [7, 11) is 2.07. The van der Waals surface area contributed by atoms with E-state index >= 15 is 0 Å². The van der Waals surface area contributed by atoms with Crippen LogP contribution in [0.25, 0.3) is 11.5 Å². The molecule has 174 valence electrons. The average Bonchev–Trinajstić information content (AvgIpc) is 2.75. The average molecular weight is 445 g/mol. The molecule has 0 atom stereocenters. The van der Waals surface area contributed by atoms with Crippen molar-refractivity contribution in [2.45, 2.75) is 47.1 Å². The van der Waals surface area contributed by atoms with Gasteiger partial charge in [-0.1, -0.05) is 44.7 Å². The monoisotopic (exact) mass is 444 g/mol. The molecule has 0 amide bonds. The number of fused-ring (bicyclic) bond motifs is 1. The quantitative estimate of drug-likeness (QED) is 0.531. The summed E-state index contributed by atoms with van der Waals surface area (Å²) in [6.45, 7) is 19.5. The third kappa shape index (κ3) is 4.63. The number of aliphatic hydroxyl groups excluding tert-OH is 1. The van der Waals surface area contributed by atoms with E-state index in [2.05, 4.69) is 68.2 Å². The topological polar surface area (TPSA) is 51.1 Å². The first-order valence-electron chi connectivity index (χ1n) is 11.7. The van der Waals surface area contributed by atoms with Gasteiger partial charge in [-0.15, -0.1) is 0 Å². The van der Waals surface area contributed by atoms with Gasteiger partial charge in [-0.3, -0.25) is 0 Å². The predicted octanol–water partition coefficient (Wildman–Crippen LogP) is 6.47. The molecule has 0 saturated carbocycles. The molecule has 0 aliphatic carbocycles. The minimum Gasteiger partial charge on any atom is -0.508 e. The SMILES string of the molecule is C=C(O)c1cc(C)ccc1NCc1cc(C)cc2c1N=C(N1CCC(C)(C)CC1)N(C)C2=C. The Morgan fingerprint density at radius 1 is 1.12 bits per heavy atom. The molecule has 2 aliphatic rings. The maximum absolute atomic E-state index is 10.1. The van der Waals surface area contributed by atoms with Crippen molar-refractivity contribution in [2.75, 3.05) is 25.5 Å². The van der Waals surface area contributed by atoms with Crippen LogP contribution in [0.2, 0.25) is 0 Å². The summed E-state index contributed by atoms with van der Waals surface area (Å²) in [6, 6.07) is 10.3. The van der Waals surface area contributed by atoms with Gasteiger partial charge in [0.1, 0.15) is 5.76 Å². The molecule has 0 aromatic heterocycles. The van der Waals surface area contributed by atoms with E-state index in [1.807, 2.05) is 25.1 Å². The molecule has 2 heterocycles. The molecule has 2 aliphatic heterocycles. The molecule has 0 spiro atoms. The highest BCUT2D eigenvalue weighted by Gasteiger charge is 2.32. The summed E-state index contributed by atoms with van der Waals surface area (Å²) in [5.41, 5.74) is 8.37. The first-order valence-corrected chi connectivity index (χ1v) is 11.7. The number of hydrogen-bond donors (Lipinski definition) is 2. The van der Waals surface area contributed by atoms with Gasteiger partial charge >= 0.3 is 0 Å². The van der Waals surface area contributed by atoms with Crippen LogP contribution in [0.1, 0.15) is 54.5 Å². The standard InChI is InChI=1S/C28H36N4O/c1-18-8-9-25(24(15-18)21(4)33)29-17-22-14-19(2)16-23-20(3)31(7)27(30-26(22)23)32-12-10-28(5,6)11-13-32/h8-9,14-16,29,33H,3-4,10-13,17H2,1-2,5-7H3. The molecular weight excluding hydrogens is 408 g/mol. The Balaban J connectivity index is 1.68. The maximum atomic E-state index is 10.1. The maximum Gasteiger partial charge on any atom is 0.206 e. The molecule has 2 aromatic rings. The van der Waals surface area contributed by atoms with Crippen LogP contribution >= 0.6 is 0 Å². The predicted molar refractivity (Wildman–Crippen MR) is 140 cm³/mol. The van der Waals surface area contributed by atoms with Gasteiger partial charge in [0.15, 0.2) is 0 Å². The molecule has 0 radical (unpaired) electrons. The Hall–Kier alpha value is -3.21. The number of nitrogens with one attached hydrogen (secondary N) is 1. The van der Waals surface area contributed by atoms with E-state index in [-0.39, 0.29) is 5.76 Å². The number of hydrogen-bond acceptors (Lipinski definition) is 5. The van der Waals surface area contributed by atoms with Gasteiger partial charge in [0.2, 0.25) is 5.96 Å². The minimum atomic E-state index is 0.0656. The van der Waals surface area contributed by atoms with Gasteiger partial charge in [0, 0.05) is 49.2 Å². The summed E-state index contributed by atoms with van der Waals surface area (Å²) in [4.78, 5) is 9.70. The summed E-state index contributed by atoms with van der Waals surface area (Å²) in [5.74, 6) is 1.05. The lowest BCUT2D eigenvalue weighted by molar-refractivity contribution is 0.180. The second-order valence-electron chi connectivity index (χ2n) is 10.2. The Morgan fingerprint density at radius 2 is 1.82 bits per heavy atom. The highest BCUT2D eigenvalue weighted by molar-refractivity contribution is 5.97. The van der Waals surface area contributed by atoms with Gasteiger partial charge in [-0.2, -0.15) is 0 Å². The summed E-state index contributed by atoms with van der Waals surface area (Å²) in [6.07, 6.45) is 2.31. The van der Waals surface area contributed by atoms with Crippen molar-refractivity contribution in [2.24, 2.45) is 10.4 Å². The van der Waals surface area contributed by atoms with E-state index < -0.39 is 0 Å². The lowest BCUT2D eigenvalue weighted by Crippen LogP contribution is -2.47. The van der Waals surface area contributed by atoms with Crippen molar-refractivity contribution < 1.29 is 5.11 Å². The molecule has 5 heteroatoms. The molecule has 2 N–H and O–H groups in total. The van der Waals surface area contributed by atoms with Crippen LogP contribution in [0, 0.1) is 19.3 Å². The Labute approximate surface area is 198 Å². The molecule has 33 heavy (non-hydrogen) atoms. The number of aliphatic imine (C=N–C) groups is 1. The number of benzene rings is 2. The van der Waals surface area contributed by atoms with Gasteiger partial charge in [-0.05, 0) is 61.4 Å². The minimum absolute atomic E-state index is 0.0656. The fraction of sp³-hybridized carbons (Fsp3) is 0.393. The van der Waals surface area contributed by atoms with Crippen LogP contribution in [0.3, 0.4) is 0 Å². The Kier molecular flexibility index (Phi) is 6.00. The first-order chi connectivity index (χ1) is 15.6. The second kappa shape index (κ2) is 8.62. The summed E-state index contributed by atoms with van der Waals surface area (Å²) < 4.78 is 0. The van der Waals surface area contributed by atoms with Crippen molar-refractivity contribution in [3.8, 4) is 0 Å². The smallest absolute Gasteiger partial charge is 0.206 e. The second-order valence-corrected chi connectivity index (χ2v) is 10.2. The molecular formula is C28H36N4O. The summed E-state index contributed by atoms with van der Waals surface area (Å²) in [5, 5.41) is 13.6. The molecule has 5 nitrogen and oxygen atoms in total. The summed E-state index contributed by atoms with van der Waals surface area (Å²) >= 11 is 0. The Bertz CT molecular complexity index is 1130. The van der Waals surface area contributed by atoms with Crippen LogP contribution in [0.4, 0.5) is 11.4 Å². The van der Waals surface area contributed by atoms with Crippen LogP contribution in [-0.2, 0) is 6.54 Å². The molecule has 4 rings (SSSR count). The van der Waals surface area contributed by atoms with Crippen molar-refractivity contribution in [1.82, 2.24) is 9.80 Å². The van der Waals surface area contributed by atoms with Crippen molar-refractivity contribution in [1.29, 1.82) is 0 Å². The van der Waals surface area contributed by atoms with Crippen LogP contribution < -0.4 is 5.32 Å². The van der Waals surface area contributed by atoms with Gasteiger partial charge in [-0.25, -0.2) is 4.99 Å². The van der Waals surface area contributed by atoms with E-state index in [4.69, 9.17) is 4.99 Å². The van der Waals surface area contributed by atoms with Crippen LogP contribution in [-0.4, -0.2) is 41.0 Å². The highest BCUT2D eigenvalue weighted by Crippen LogP contribution is 2.39. The number of guanidine groups is 1. The molecule has 1 fully saturated rings. The van der Waals surface area contributed by atoms with Crippen LogP contribution in [0.5, 0.6) is 0 Å². The van der Waals surface area contributed by atoms with E-state index in [1.54, 1.807) is 0 Å². The van der Waals surface area contributed by atoms with E-state index in [1.165, 1.54) is 5.56 Å². The van der Waals surface area contributed by atoms with Gasteiger partial charge in [0.05, 0.1) is 5.69 Å². The number of rotatable bonds is 4. The Morgan fingerprint density at radius 3 is 2.48 bits per heavy atom. The lowest BCUT2D eigenvalue weighted by atomic mass is 9.83. The van der Waals surface area contributed by atoms with Crippen molar-refractivity contribution in [3.05, 3.63) is 71.3 Å². The largest absolute Gasteiger partial charge is 0.508 e. The zero-order valence-electron chi connectivity index (χ0n) is 20.6. The van der Waals surface area contributed by atoms with Crippen molar-refractivity contribution >= 4 is 28.8 Å². The van der Waals surface area contributed by atoms with E-state index in [0.717, 1.165) is 71.2 Å². The first kappa shape index (κ1) is 23.0. The number of aryl methyl sites for hydroxylation is 2. The molecule has 0 unspecified atom stereocenters. The lowest BCUT2D eigenvalue weighted by Gasteiger charge is -2.42. The normalized spacial score (nSPS) is 17.5. The fourth-order valence-corrected chi connectivity index (χ4v) is 4.65. The number of nitrogens with zero attached hydrogens (tertiary/aromatic N) is 3. The zero-order valence-corrected chi connectivity index (χ0v) is 20.6. The fourth-order valence-electron chi connectivity index (χ4n) is 4.65.